The van der Waals surface area contributed by atoms with Crippen molar-refractivity contribution < 1.29 is 28.1 Å². The molecule has 38 heavy (non-hydrogen) atoms. The highest BCUT2D eigenvalue weighted by Crippen LogP contribution is 2.42. The number of nitrogens with one attached hydrogen (secondary N) is 2. The Hall–Kier alpha value is -2.92. The van der Waals surface area contributed by atoms with Crippen LogP contribution in [0, 0.1) is 12.8 Å². The molecule has 1 aromatic carbocycles. The second kappa shape index (κ2) is 13.7. The molecule has 12 nitrogen and oxygen atoms in total. The predicted molar refractivity (Wildman–Crippen MR) is 147 cm³/mol. The Balaban J connectivity index is 0.00000195. The molecule has 0 aliphatic carbocycles. The lowest BCUT2D eigenvalue weighted by Gasteiger charge is -2.28. The van der Waals surface area contributed by atoms with E-state index in [1.54, 1.807) is 14.0 Å². The number of benzene rings is 1. The Morgan fingerprint density at radius 3 is 2.66 bits per heavy atom. The molecule has 0 amide bonds. The predicted octanol–water partition coefficient (Wildman–Crippen LogP) is 3.82. The molecule has 0 saturated carbocycles. The number of carbonyl (C=O) groups is 1. The lowest BCUT2D eigenvalue weighted by atomic mass is 10.1. The van der Waals surface area contributed by atoms with E-state index < -0.39 is 20.5 Å². The molecule has 5 atom stereocenters. The van der Waals surface area contributed by atoms with Gasteiger partial charge < -0.3 is 39.2 Å². The Morgan fingerprint density at radius 2 is 2.00 bits per heavy atom. The van der Waals surface area contributed by atoms with Crippen LogP contribution < -0.4 is 30.3 Å². The number of hydrogen-bond acceptors (Lipinski definition) is 12. The largest absolute Gasteiger partial charge is 0.479 e. The van der Waals surface area contributed by atoms with Gasteiger partial charge in [-0.15, -0.1) is 0 Å². The van der Waals surface area contributed by atoms with E-state index in [0.29, 0.717) is 29.8 Å². The van der Waals surface area contributed by atoms with E-state index in [2.05, 4.69) is 27.3 Å². The maximum atomic E-state index is 12.0. The number of carbonyl (C=O) groups excluding carboxylic acids is 1. The lowest BCUT2D eigenvalue weighted by Crippen LogP contribution is -2.39. The molecule has 0 bridgehead atoms. The van der Waals surface area contributed by atoms with Crippen molar-refractivity contribution >= 4 is 31.9 Å². The highest BCUT2D eigenvalue weighted by Gasteiger charge is 2.41. The van der Waals surface area contributed by atoms with Crippen molar-refractivity contribution in [3.05, 3.63) is 29.8 Å². The van der Waals surface area contributed by atoms with E-state index in [1.807, 2.05) is 49.9 Å². The number of aryl methyl sites for hydroxylation is 1. The van der Waals surface area contributed by atoms with Crippen LogP contribution in [-0.4, -0.2) is 61.8 Å². The van der Waals surface area contributed by atoms with Crippen molar-refractivity contribution in [3.63, 3.8) is 0 Å². The summed E-state index contributed by atoms with van der Waals surface area (Å²) in [6, 6.07) is 7.03. The van der Waals surface area contributed by atoms with Crippen LogP contribution in [0.1, 0.15) is 39.7 Å². The van der Waals surface area contributed by atoms with Gasteiger partial charge in [0, 0.05) is 5.92 Å². The Morgan fingerprint density at radius 1 is 1.29 bits per heavy atom. The van der Waals surface area contributed by atoms with Gasteiger partial charge in [0.05, 0.1) is 33.6 Å². The van der Waals surface area contributed by atoms with Crippen molar-refractivity contribution in [2.24, 2.45) is 5.92 Å². The Bertz CT molecular complexity index is 1060. The van der Waals surface area contributed by atoms with Crippen molar-refractivity contribution in [2.75, 3.05) is 43.4 Å². The minimum atomic E-state index is -1.64. The van der Waals surface area contributed by atoms with E-state index in [-0.39, 0.29) is 30.8 Å². The Kier molecular flexibility index (Phi) is 10.7. The number of hydrogen-bond donors (Lipinski definition) is 3. The third kappa shape index (κ3) is 7.13. The quantitative estimate of drug-likeness (QED) is 0.292. The van der Waals surface area contributed by atoms with Crippen LogP contribution in [0.5, 0.6) is 11.6 Å². The first-order valence-electron chi connectivity index (χ1n) is 12.7. The monoisotopic (exact) mass is 550 g/mol. The standard InChI is InChI=1S/C23H33N6O6P.C2H6/c1-13-6-8-16(9-7-13)35-36(28-15(3)22(30)32-5)33-11-17-10-14(2)21(34-17)29-12-25-18-19(29)26-23(24)27-20(18)31-4;1-2/h6-9,14-15,17,21,25,28H,10-12H2,1-5H3,(H2,24,26,27);1-2H3. The molecule has 2 aliphatic rings. The van der Waals surface area contributed by atoms with Crippen LogP contribution in [0.3, 0.4) is 0 Å². The SMILES string of the molecule is CC.COC(=O)C(C)NP(OCC1CC(C)C(N2CNc3c(OC)nc(N)nc32)O1)Oc1ccc(C)cc1. The summed E-state index contributed by atoms with van der Waals surface area (Å²) in [6.07, 6.45) is 0.351. The highest BCUT2D eigenvalue weighted by molar-refractivity contribution is 7.45. The van der Waals surface area contributed by atoms with Crippen molar-refractivity contribution in [1.82, 2.24) is 15.1 Å². The van der Waals surface area contributed by atoms with Gasteiger partial charge in [-0.1, -0.05) is 38.5 Å². The van der Waals surface area contributed by atoms with Crippen molar-refractivity contribution in [3.8, 4) is 11.6 Å². The summed E-state index contributed by atoms with van der Waals surface area (Å²) in [5, 5.41) is 6.36. The number of nitrogen functional groups attached to an aromatic ring is 1. The number of nitrogens with two attached hydrogens (primary N) is 1. The first kappa shape index (κ1) is 29.6. The average molecular weight is 551 g/mol. The van der Waals surface area contributed by atoms with Gasteiger partial charge in [0.25, 0.3) is 0 Å². The molecule has 1 aromatic heterocycles. The number of fused-ring (bicyclic) bond motifs is 1. The molecule has 5 unspecified atom stereocenters. The normalized spacial score (nSPS) is 21.4. The molecule has 4 N–H and O–H groups in total. The van der Waals surface area contributed by atoms with Crippen LogP contribution in [0.4, 0.5) is 17.5 Å². The molecule has 1 fully saturated rings. The summed E-state index contributed by atoms with van der Waals surface area (Å²) in [6.45, 7) is 10.6. The average Bonchev–Trinajstić information content (AvgIpc) is 3.51. The number of methoxy groups -OCH3 is 2. The fourth-order valence-corrected chi connectivity index (χ4v) is 5.35. The van der Waals surface area contributed by atoms with Crippen LogP contribution in [0.15, 0.2) is 24.3 Å². The Labute approximate surface area is 225 Å². The number of ether oxygens (including phenoxy) is 3. The van der Waals surface area contributed by atoms with E-state index in [9.17, 15) is 4.79 Å². The van der Waals surface area contributed by atoms with Gasteiger partial charge in [0.15, 0.2) is 5.82 Å². The first-order valence-corrected chi connectivity index (χ1v) is 13.9. The molecule has 1 saturated heterocycles. The van der Waals surface area contributed by atoms with Gasteiger partial charge in [-0.3, -0.25) is 4.79 Å². The molecule has 4 rings (SSSR count). The van der Waals surface area contributed by atoms with E-state index in [1.165, 1.54) is 7.11 Å². The second-order valence-electron chi connectivity index (χ2n) is 8.79. The summed E-state index contributed by atoms with van der Waals surface area (Å²) >= 11 is 0. The van der Waals surface area contributed by atoms with Gasteiger partial charge in [0.2, 0.25) is 11.8 Å². The smallest absolute Gasteiger partial charge is 0.323 e. The molecule has 0 radical (unpaired) electrons. The molecule has 0 spiro atoms. The molecule has 3 heterocycles. The number of nitrogens with zero attached hydrogens (tertiary/aromatic N) is 3. The third-order valence-corrected chi connectivity index (χ3v) is 7.33. The van der Waals surface area contributed by atoms with Gasteiger partial charge in [0.1, 0.15) is 23.7 Å². The van der Waals surface area contributed by atoms with Crippen LogP contribution >= 0.6 is 8.53 Å². The van der Waals surface area contributed by atoms with Crippen LogP contribution in [0.25, 0.3) is 0 Å². The number of esters is 1. The number of aromatic nitrogens is 2. The molecule has 2 aromatic rings. The molecular formula is C25H39N6O6P. The highest BCUT2D eigenvalue weighted by atomic mass is 31.2. The van der Waals surface area contributed by atoms with Crippen molar-refractivity contribution in [1.29, 1.82) is 0 Å². The molecule has 13 heteroatoms. The minimum Gasteiger partial charge on any atom is -0.479 e. The number of rotatable bonds is 10. The van der Waals surface area contributed by atoms with Gasteiger partial charge >= 0.3 is 14.5 Å². The van der Waals surface area contributed by atoms with E-state index in [4.69, 9.17) is 29.0 Å². The summed E-state index contributed by atoms with van der Waals surface area (Å²) in [5.41, 5.74) is 7.69. The molecular weight excluding hydrogens is 511 g/mol. The summed E-state index contributed by atoms with van der Waals surface area (Å²) < 4.78 is 28.7. The fraction of sp³-hybridized carbons (Fsp3) is 0.560. The maximum absolute atomic E-state index is 12.0. The number of anilines is 3. The van der Waals surface area contributed by atoms with Crippen molar-refractivity contribution in [2.45, 2.75) is 59.4 Å². The van der Waals surface area contributed by atoms with Crippen LogP contribution in [-0.2, 0) is 18.8 Å². The van der Waals surface area contributed by atoms with E-state index >= 15 is 0 Å². The summed E-state index contributed by atoms with van der Waals surface area (Å²) in [4.78, 5) is 22.5. The van der Waals surface area contributed by atoms with Crippen LogP contribution in [0.2, 0.25) is 0 Å². The maximum Gasteiger partial charge on any atom is 0.323 e. The second-order valence-corrected chi connectivity index (χ2v) is 10.0. The summed E-state index contributed by atoms with van der Waals surface area (Å²) in [7, 11) is 1.24. The topological polar surface area (TPSA) is 142 Å². The zero-order valence-corrected chi connectivity index (χ0v) is 24.0. The molecule has 2 aliphatic heterocycles. The summed E-state index contributed by atoms with van der Waals surface area (Å²) in [5.74, 6) is 1.61. The van der Waals surface area contributed by atoms with Gasteiger partial charge in [-0.05, 0) is 32.4 Å². The van der Waals surface area contributed by atoms with Gasteiger partial charge in [-0.25, -0.2) is 5.09 Å². The van der Waals surface area contributed by atoms with E-state index in [0.717, 1.165) is 12.0 Å². The lowest BCUT2D eigenvalue weighted by molar-refractivity contribution is -0.142. The fourth-order valence-electron chi connectivity index (χ4n) is 4.13. The minimum absolute atomic E-state index is 0.134. The molecule has 210 valence electrons. The first-order chi connectivity index (χ1) is 18.3. The van der Waals surface area contributed by atoms with Gasteiger partial charge in [-0.2, -0.15) is 9.97 Å². The zero-order valence-electron chi connectivity index (χ0n) is 23.1. The zero-order chi connectivity index (χ0) is 27.8. The third-order valence-electron chi connectivity index (χ3n) is 5.97.